The van der Waals surface area contributed by atoms with Crippen molar-refractivity contribution in [3.05, 3.63) is 0 Å². The number of hydrogen-bond acceptors (Lipinski definition) is 1. The van der Waals surface area contributed by atoms with Gasteiger partial charge >= 0.3 is 57.5 Å². The zero-order chi connectivity index (χ0) is 3.58. The fraction of sp³-hybridized carbons (Fsp3) is 0. The number of hydrogen-bond donors (Lipinski definition) is 2. The van der Waals surface area contributed by atoms with Gasteiger partial charge < -0.3 is 10.2 Å². The summed E-state index contributed by atoms with van der Waals surface area (Å²) in [6.07, 6.45) is -1.83. The summed E-state index contributed by atoms with van der Waals surface area (Å²) in [5.41, 5.74) is 0. The summed E-state index contributed by atoms with van der Waals surface area (Å²) in [7, 11) is 0. The van der Waals surface area contributed by atoms with Crippen molar-refractivity contribution in [3.8, 4) is 0 Å². The average molecular weight is 209 g/mol. The van der Waals surface area contributed by atoms with E-state index in [-0.39, 0.29) is 71.8 Å². The van der Waals surface area contributed by atoms with Crippen molar-refractivity contribution >= 4 is 57.5 Å². The maximum Gasteiger partial charge on any atom is 0 e. The van der Waals surface area contributed by atoms with Gasteiger partial charge in [-0.25, -0.2) is 4.79 Å². The third kappa shape index (κ3) is 47.2. The molecule has 0 saturated heterocycles. The van der Waals surface area contributed by atoms with Crippen LogP contribution in [0, 0.1) is 0 Å². The molecular formula is CH3KO3Pd. The van der Waals surface area contributed by atoms with Crippen LogP contribution in [0.25, 0.3) is 0 Å². The fourth-order valence-corrected chi connectivity index (χ4v) is 0. The molecule has 0 aromatic heterocycles. The Morgan fingerprint density at radius 2 is 1.33 bits per heavy atom. The minimum atomic E-state index is -1.83. The molecule has 3 nitrogen and oxygen atoms in total. The fourth-order valence-electron chi connectivity index (χ4n) is 0. The van der Waals surface area contributed by atoms with Gasteiger partial charge in [-0.3, -0.25) is 0 Å². The molecule has 0 aromatic carbocycles. The molecule has 0 amide bonds. The zero-order valence-electron chi connectivity index (χ0n) is 2.12. The monoisotopic (exact) mass is 208 g/mol. The van der Waals surface area contributed by atoms with Crippen LogP contribution in [-0.2, 0) is 20.4 Å². The van der Waals surface area contributed by atoms with Gasteiger partial charge in [0.25, 0.3) is 0 Å². The van der Waals surface area contributed by atoms with Gasteiger partial charge in [0.2, 0.25) is 0 Å². The molecule has 0 saturated carbocycles. The quantitative estimate of drug-likeness (QED) is 0.531. The molecule has 0 aliphatic rings. The molecule has 5 heteroatoms. The van der Waals surface area contributed by atoms with E-state index >= 15 is 0 Å². The van der Waals surface area contributed by atoms with Crippen LogP contribution in [0.5, 0.6) is 0 Å². The summed E-state index contributed by atoms with van der Waals surface area (Å²) in [5.74, 6) is 0. The predicted octanol–water partition coefficient (Wildman–Crippen LogP) is -0.429. The van der Waals surface area contributed by atoms with Crippen molar-refractivity contribution in [2.24, 2.45) is 0 Å². The first-order chi connectivity index (χ1) is 1.73. The minimum absolute atomic E-state index is 0. The Morgan fingerprint density at radius 1 is 1.33 bits per heavy atom. The van der Waals surface area contributed by atoms with Gasteiger partial charge in [-0.05, 0) is 0 Å². The Kier molecular flexibility index (Phi) is 25.4. The van der Waals surface area contributed by atoms with Crippen LogP contribution in [0.1, 0.15) is 0 Å². The summed E-state index contributed by atoms with van der Waals surface area (Å²) in [4.78, 5) is 8.56. The molecule has 0 unspecified atom stereocenters. The van der Waals surface area contributed by atoms with Crippen molar-refractivity contribution < 1.29 is 35.4 Å². The molecule has 0 rings (SSSR count). The van der Waals surface area contributed by atoms with Crippen molar-refractivity contribution in [3.63, 3.8) is 0 Å². The Hall–Kier alpha value is 1.57. The first kappa shape index (κ1) is 15.6. The smallest absolute Gasteiger partial charge is 0 e. The zero-order valence-corrected chi connectivity index (χ0v) is 3.67. The minimum Gasteiger partial charge on any atom is 0 e. The van der Waals surface area contributed by atoms with E-state index in [1.54, 1.807) is 0 Å². The second kappa shape index (κ2) is 9.76. The van der Waals surface area contributed by atoms with Crippen LogP contribution < -0.4 is 0 Å². The molecule has 0 bridgehead atoms. The van der Waals surface area contributed by atoms with Crippen LogP contribution >= 0.6 is 0 Å². The van der Waals surface area contributed by atoms with Crippen LogP contribution in [0.3, 0.4) is 0 Å². The second-order valence-corrected chi connectivity index (χ2v) is 0.283. The Balaban J connectivity index is -0.0000000450. The molecule has 0 aromatic rings. The molecule has 0 aliphatic heterocycles. The summed E-state index contributed by atoms with van der Waals surface area (Å²) in [5, 5.41) is 13.9. The van der Waals surface area contributed by atoms with Gasteiger partial charge in [0.05, 0.1) is 0 Å². The Labute approximate surface area is 91.2 Å². The van der Waals surface area contributed by atoms with Crippen LogP contribution in [-0.4, -0.2) is 67.8 Å². The van der Waals surface area contributed by atoms with E-state index in [0.717, 1.165) is 0 Å². The van der Waals surface area contributed by atoms with Gasteiger partial charge in [0, 0.05) is 20.4 Å². The molecule has 2 N–H and O–H groups in total. The topological polar surface area (TPSA) is 57.5 Å². The Bertz CT molecular complexity index is 33.8. The van der Waals surface area contributed by atoms with Crippen molar-refractivity contribution in [1.29, 1.82) is 0 Å². The summed E-state index contributed by atoms with van der Waals surface area (Å²) < 4.78 is 0. The number of rotatable bonds is 0. The second-order valence-electron chi connectivity index (χ2n) is 0.283. The average Bonchev–Trinajstić information content (AvgIpc) is 0.811. The predicted molar refractivity (Wildman–Crippen MR) is 17.8 cm³/mol. The molecule has 6 heavy (non-hydrogen) atoms. The first-order valence-corrected chi connectivity index (χ1v) is 0.651. The van der Waals surface area contributed by atoms with Gasteiger partial charge in [0.15, 0.2) is 0 Å². The first-order valence-electron chi connectivity index (χ1n) is 0.651. The Morgan fingerprint density at radius 3 is 1.33 bits per heavy atom. The van der Waals surface area contributed by atoms with Gasteiger partial charge in [-0.1, -0.05) is 0 Å². The van der Waals surface area contributed by atoms with E-state index in [1.165, 1.54) is 0 Å². The maximum atomic E-state index is 8.56. The van der Waals surface area contributed by atoms with E-state index < -0.39 is 6.16 Å². The molecule has 0 radical (unpaired) electrons. The van der Waals surface area contributed by atoms with E-state index in [2.05, 4.69) is 0 Å². The van der Waals surface area contributed by atoms with Crippen LogP contribution in [0.15, 0.2) is 0 Å². The molecular weight excluding hydrogens is 206 g/mol. The third-order valence-corrected chi connectivity index (χ3v) is 0. The number of carboxylic acid groups (broad SMARTS) is 2. The van der Waals surface area contributed by atoms with E-state index in [4.69, 9.17) is 15.0 Å². The van der Waals surface area contributed by atoms with Gasteiger partial charge in [-0.2, -0.15) is 0 Å². The molecule has 0 aliphatic carbocycles. The van der Waals surface area contributed by atoms with E-state index in [1.807, 2.05) is 0 Å². The van der Waals surface area contributed by atoms with Crippen molar-refractivity contribution in [1.82, 2.24) is 0 Å². The largest absolute Gasteiger partial charge is 0 e. The van der Waals surface area contributed by atoms with Gasteiger partial charge in [-0.15, -0.1) is 0 Å². The SMILES string of the molecule is O=C(O)O.[KH].[Pd]. The summed E-state index contributed by atoms with van der Waals surface area (Å²) in [6, 6.07) is 0. The standard InChI is InChI=1S/CH2O3.K.Pd.H/c2-1(3)4;;;/h(H2,2,3,4);;;. The van der Waals surface area contributed by atoms with Gasteiger partial charge in [0.1, 0.15) is 0 Å². The van der Waals surface area contributed by atoms with E-state index in [0.29, 0.717) is 0 Å². The number of carbonyl (C=O) groups is 1. The molecule has 36 valence electrons. The summed E-state index contributed by atoms with van der Waals surface area (Å²) >= 11 is 0. The third-order valence-electron chi connectivity index (χ3n) is 0. The van der Waals surface area contributed by atoms with E-state index in [9.17, 15) is 0 Å². The van der Waals surface area contributed by atoms with Crippen molar-refractivity contribution in [2.75, 3.05) is 0 Å². The van der Waals surface area contributed by atoms with Crippen LogP contribution in [0.4, 0.5) is 4.79 Å². The maximum absolute atomic E-state index is 8.56. The molecule has 0 spiro atoms. The van der Waals surface area contributed by atoms with Crippen molar-refractivity contribution in [2.45, 2.75) is 0 Å². The molecule has 0 heterocycles. The molecule has 0 atom stereocenters. The molecule has 0 fully saturated rings. The normalized spacial score (nSPS) is 4.00. The summed E-state index contributed by atoms with van der Waals surface area (Å²) in [6.45, 7) is 0. The van der Waals surface area contributed by atoms with Crippen LogP contribution in [0.2, 0.25) is 0 Å².